The van der Waals surface area contributed by atoms with Crippen molar-refractivity contribution in [2.45, 2.75) is 13.0 Å². The second-order valence-electron chi connectivity index (χ2n) is 8.28. The van der Waals surface area contributed by atoms with Gasteiger partial charge in [-0.05, 0) is 43.3 Å². The highest BCUT2D eigenvalue weighted by molar-refractivity contribution is 5.94. The molecule has 35 heavy (non-hydrogen) atoms. The lowest BCUT2D eigenvalue weighted by atomic mass is 10.1. The van der Waals surface area contributed by atoms with E-state index >= 15 is 0 Å². The third kappa shape index (κ3) is 4.07. The topological polar surface area (TPSA) is 102 Å². The molecule has 0 N–H and O–H groups in total. The molecule has 0 radical (unpaired) electrons. The summed E-state index contributed by atoms with van der Waals surface area (Å²) in [5.74, 6) is 1.13. The van der Waals surface area contributed by atoms with Crippen molar-refractivity contribution in [1.82, 2.24) is 24.4 Å². The van der Waals surface area contributed by atoms with Gasteiger partial charge in [-0.3, -0.25) is 9.59 Å². The lowest BCUT2D eigenvalue weighted by Crippen LogP contribution is -2.55. The molecule has 1 aromatic carbocycles. The summed E-state index contributed by atoms with van der Waals surface area (Å²) in [5, 5.41) is 4.58. The van der Waals surface area contributed by atoms with Crippen LogP contribution in [0.5, 0.6) is 11.5 Å². The van der Waals surface area contributed by atoms with Crippen molar-refractivity contribution in [3.05, 3.63) is 66.4 Å². The molecule has 1 fully saturated rings. The summed E-state index contributed by atoms with van der Waals surface area (Å²) in [6.45, 7) is 3.13. The zero-order valence-corrected chi connectivity index (χ0v) is 19.7. The minimum absolute atomic E-state index is 0.164. The first kappa shape index (κ1) is 22.5. The summed E-state index contributed by atoms with van der Waals surface area (Å²) in [7, 11) is 3.17. The number of carbonyl (C=O) groups is 2. The van der Waals surface area contributed by atoms with Crippen molar-refractivity contribution >= 4 is 17.5 Å². The smallest absolute Gasteiger partial charge is 0.289 e. The van der Waals surface area contributed by atoms with Gasteiger partial charge in [-0.1, -0.05) is 0 Å². The number of nitrogens with zero attached hydrogens (tertiary/aromatic N) is 5. The van der Waals surface area contributed by atoms with Gasteiger partial charge in [0.25, 0.3) is 11.8 Å². The predicted molar refractivity (Wildman–Crippen MR) is 127 cm³/mol. The maximum atomic E-state index is 13.3. The molecule has 1 atom stereocenters. The first-order chi connectivity index (χ1) is 17.0. The number of amides is 2. The molecule has 1 aliphatic heterocycles. The third-order valence-electron chi connectivity index (χ3n) is 6.16. The summed E-state index contributed by atoms with van der Waals surface area (Å²) in [6.07, 6.45) is 3.16. The maximum absolute atomic E-state index is 13.3. The normalized spacial score (nSPS) is 15.9. The number of benzene rings is 1. The monoisotopic (exact) mass is 475 g/mol. The average molecular weight is 476 g/mol. The van der Waals surface area contributed by atoms with Crippen LogP contribution < -0.4 is 9.47 Å². The number of rotatable bonds is 5. The number of aromatic nitrogens is 3. The van der Waals surface area contributed by atoms with Gasteiger partial charge in [-0.15, -0.1) is 0 Å². The Labute approximate surface area is 201 Å². The first-order valence-electron chi connectivity index (χ1n) is 11.2. The highest BCUT2D eigenvalue weighted by Crippen LogP contribution is 2.32. The zero-order valence-electron chi connectivity index (χ0n) is 19.7. The Morgan fingerprint density at radius 2 is 1.86 bits per heavy atom. The standard InChI is InChI=1S/C25H25N5O5/c1-16-15-28(10-11-29(16)25(32)21-5-4-12-35-21)24(31)18-14-23-26-9-8-19(30(23)27-18)17-6-7-20(33-2)22(13-17)34-3/h4-9,12-14,16H,10-11,15H2,1-3H3/t16-/m0/s1. The van der Waals surface area contributed by atoms with Crippen LogP contribution in [0.4, 0.5) is 0 Å². The van der Waals surface area contributed by atoms with E-state index in [4.69, 9.17) is 13.9 Å². The molecule has 180 valence electrons. The lowest BCUT2D eigenvalue weighted by molar-refractivity contribution is 0.0393. The first-order valence-corrected chi connectivity index (χ1v) is 11.2. The van der Waals surface area contributed by atoms with E-state index in [1.54, 1.807) is 52.9 Å². The number of furan rings is 1. The summed E-state index contributed by atoms with van der Waals surface area (Å²) in [4.78, 5) is 33.8. The summed E-state index contributed by atoms with van der Waals surface area (Å²) in [5.41, 5.74) is 2.46. The Kier molecular flexibility index (Phi) is 5.86. The Balaban J connectivity index is 1.38. The van der Waals surface area contributed by atoms with Gasteiger partial charge in [-0.2, -0.15) is 5.10 Å². The number of carbonyl (C=O) groups excluding carboxylic acids is 2. The quantitative estimate of drug-likeness (QED) is 0.437. The highest BCUT2D eigenvalue weighted by atomic mass is 16.5. The van der Waals surface area contributed by atoms with Crippen molar-refractivity contribution in [3.63, 3.8) is 0 Å². The molecule has 1 saturated heterocycles. The molecule has 0 saturated carbocycles. The van der Waals surface area contributed by atoms with Crippen molar-refractivity contribution in [1.29, 1.82) is 0 Å². The molecule has 4 heterocycles. The fraction of sp³-hybridized carbons (Fsp3) is 0.280. The Morgan fingerprint density at radius 3 is 2.57 bits per heavy atom. The van der Waals surface area contributed by atoms with Crippen molar-refractivity contribution < 1.29 is 23.5 Å². The number of methoxy groups -OCH3 is 2. The molecule has 0 bridgehead atoms. The number of ether oxygens (including phenoxy) is 2. The van der Waals surface area contributed by atoms with E-state index in [9.17, 15) is 9.59 Å². The van der Waals surface area contributed by atoms with Crippen LogP contribution in [0.1, 0.15) is 28.0 Å². The maximum Gasteiger partial charge on any atom is 0.289 e. The van der Waals surface area contributed by atoms with E-state index in [0.717, 1.165) is 11.3 Å². The zero-order chi connectivity index (χ0) is 24.5. The number of fused-ring (bicyclic) bond motifs is 1. The third-order valence-corrected chi connectivity index (χ3v) is 6.16. The second kappa shape index (κ2) is 9.13. The van der Waals surface area contributed by atoms with Crippen LogP contribution in [-0.4, -0.2) is 76.1 Å². The number of piperazine rings is 1. The van der Waals surface area contributed by atoms with Crippen LogP contribution in [0.2, 0.25) is 0 Å². The van der Waals surface area contributed by atoms with Gasteiger partial charge in [-0.25, -0.2) is 9.50 Å². The Bertz CT molecular complexity index is 1380. The SMILES string of the molecule is COc1ccc(-c2ccnc3cc(C(=O)N4CCN(C(=O)c5ccco5)[C@@H](C)C4)nn23)cc1OC. The molecule has 4 aromatic rings. The van der Waals surface area contributed by atoms with Gasteiger partial charge in [0.1, 0.15) is 0 Å². The molecule has 0 unspecified atom stereocenters. The van der Waals surface area contributed by atoms with Gasteiger partial charge < -0.3 is 23.7 Å². The minimum Gasteiger partial charge on any atom is -0.493 e. The molecule has 0 spiro atoms. The van der Waals surface area contributed by atoms with E-state index in [1.165, 1.54) is 6.26 Å². The largest absolute Gasteiger partial charge is 0.493 e. The van der Waals surface area contributed by atoms with Gasteiger partial charge in [0.05, 0.1) is 26.2 Å². The number of hydrogen-bond donors (Lipinski definition) is 0. The molecular formula is C25H25N5O5. The molecule has 5 rings (SSSR count). The minimum atomic E-state index is -0.203. The van der Waals surface area contributed by atoms with Gasteiger partial charge in [0.2, 0.25) is 0 Å². The van der Waals surface area contributed by atoms with E-state index in [2.05, 4.69) is 10.1 Å². The molecule has 0 aliphatic carbocycles. The number of hydrogen-bond acceptors (Lipinski definition) is 7. The Morgan fingerprint density at radius 1 is 1.03 bits per heavy atom. The van der Waals surface area contributed by atoms with Crippen molar-refractivity contribution in [2.75, 3.05) is 33.9 Å². The molecule has 10 heteroatoms. The molecular weight excluding hydrogens is 450 g/mol. The second-order valence-corrected chi connectivity index (χ2v) is 8.28. The fourth-order valence-corrected chi connectivity index (χ4v) is 4.36. The van der Waals surface area contributed by atoms with E-state index in [1.807, 2.05) is 31.2 Å². The summed E-state index contributed by atoms with van der Waals surface area (Å²) >= 11 is 0. The molecule has 3 aromatic heterocycles. The van der Waals surface area contributed by atoms with Crippen LogP contribution in [0.15, 0.2) is 59.3 Å². The van der Waals surface area contributed by atoms with Gasteiger partial charge in [0.15, 0.2) is 28.6 Å². The molecule has 1 aliphatic rings. The molecule has 10 nitrogen and oxygen atoms in total. The summed E-state index contributed by atoms with van der Waals surface area (Å²) in [6, 6.07) is 12.2. The van der Waals surface area contributed by atoms with Crippen LogP contribution in [-0.2, 0) is 0 Å². The molecule has 2 amide bonds. The van der Waals surface area contributed by atoms with Crippen LogP contribution in [0.3, 0.4) is 0 Å². The van der Waals surface area contributed by atoms with Crippen LogP contribution in [0.25, 0.3) is 16.9 Å². The summed E-state index contributed by atoms with van der Waals surface area (Å²) < 4.78 is 17.6. The van der Waals surface area contributed by atoms with E-state index < -0.39 is 0 Å². The van der Waals surface area contributed by atoms with E-state index in [0.29, 0.717) is 48.2 Å². The van der Waals surface area contributed by atoms with Crippen molar-refractivity contribution in [2.24, 2.45) is 0 Å². The van der Waals surface area contributed by atoms with Gasteiger partial charge >= 0.3 is 0 Å². The van der Waals surface area contributed by atoms with Crippen LogP contribution in [0, 0.1) is 0 Å². The highest BCUT2D eigenvalue weighted by Gasteiger charge is 2.32. The predicted octanol–water partition coefficient (Wildman–Crippen LogP) is 2.99. The van der Waals surface area contributed by atoms with Gasteiger partial charge in [0, 0.05) is 43.5 Å². The van der Waals surface area contributed by atoms with Crippen LogP contribution >= 0.6 is 0 Å². The fourth-order valence-electron chi connectivity index (χ4n) is 4.36. The lowest BCUT2D eigenvalue weighted by Gasteiger charge is -2.39. The van der Waals surface area contributed by atoms with Crippen molar-refractivity contribution in [3.8, 4) is 22.8 Å². The van der Waals surface area contributed by atoms with E-state index in [-0.39, 0.29) is 17.9 Å². The average Bonchev–Trinajstić information content (AvgIpc) is 3.57. The Hall–Kier alpha value is -4.34.